The molecule has 1 aliphatic heterocycles. The molecule has 0 bridgehead atoms. The summed E-state index contributed by atoms with van der Waals surface area (Å²) < 4.78 is 5.35. The van der Waals surface area contributed by atoms with Gasteiger partial charge in [-0.1, -0.05) is 36.4 Å². The molecule has 126 valence electrons. The number of hydrogen-bond acceptors (Lipinski definition) is 2. The number of rotatable bonds is 4. The zero-order chi connectivity index (χ0) is 16.9. The highest BCUT2D eigenvalue weighted by Gasteiger charge is 2.18. The average molecular weight is 323 g/mol. The Kier molecular flexibility index (Phi) is 5.31. The van der Waals surface area contributed by atoms with Crippen molar-refractivity contribution >= 4 is 5.91 Å². The molecule has 0 spiro atoms. The van der Waals surface area contributed by atoms with E-state index in [1.807, 2.05) is 30.0 Å². The van der Waals surface area contributed by atoms with E-state index in [2.05, 4.69) is 30.3 Å². The van der Waals surface area contributed by atoms with Gasteiger partial charge in [0.25, 0.3) is 5.91 Å². The van der Waals surface area contributed by atoms with Crippen molar-refractivity contribution in [2.75, 3.05) is 20.2 Å². The van der Waals surface area contributed by atoms with Crippen molar-refractivity contribution in [1.29, 1.82) is 0 Å². The van der Waals surface area contributed by atoms with Gasteiger partial charge in [0.15, 0.2) is 0 Å². The lowest BCUT2D eigenvalue weighted by atomic mass is 10.00. The van der Waals surface area contributed by atoms with Crippen molar-refractivity contribution in [2.45, 2.75) is 32.3 Å². The molecule has 0 saturated carbocycles. The van der Waals surface area contributed by atoms with E-state index in [4.69, 9.17) is 4.74 Å². The Morgan fingerprint density at radius 1 is 1.00 bits per heavy atom. The van der Waals surface area contributed by atoms with Crippen LogP contribution in [0.5, 0.6) is 0 Å². The Bertz CT molecular complexity index is 687. The summed E-state index contributed by atoms with van der Waals surface area (Å²) in [5.74, 6) is 0.154. The van der Waals surface area contributed by atoms with E-state index in [9.17, 15) is 4.79 Å². The molecule has 2 aromatic rings. The lowest BCUT2D eigenvalue weighted by Crippen LogP contribution is -2.35. The van der Waals surface area contributed by atoms with E-state index < -0.39 is 0 Å². The van der Waals surface area contributed by atoms with Crippen LogP contribution in [0.25, 0.3) is 11.1 Å². The number of amides is 1. The fourth-order valence-electron chi connectivity index (χ4n) is 3.19. The van der Waals surface area contributed by atoms with Crippen molar-refractivity contribution in [1.82, 2.24) is 4.90 Å². The number of benzene rings is 2. The van der Waals surface area contributed by atoms with Crippen LogP contribution in [-0.4, -0.2) is 31.0 Å². The molecular formula is C21H25NO2. The molecule has 0 aliphatic carbocycles. The standard InChI is InChI=1S/C21H25NO2/c1-16(24-2)17-9-11-18(12-10-17)19-7-6-8-20(15-19)21(23)22-13-4-3-5-14-22/h6-12,15-16H,3-5,13-14H2,1-2H3/t16-/m0/s1. The second kappa shape index (κ2) is 7.63. The molecule has 0 radical (unpaired) electrons. The topological polar surface area (TPSA) is 29.5 Å². The molecule has 1 heterocycles. The first-order valence-corrected chi connectivity index (χ1v) is 8.71. The molecule has 1 aliphatic rings. The number of nitrogens with zero attached hydrogens (tertiary/aromatic N) is 1. The Labute approximate surface area is 144 Å². The highest BCUT2D eigenvalue weighted by Crippen LogP contribution is 2.24. The molecule has 1 fully saturated rings. The Hall–Kier alpha value is -2.13. The third kappa shape index (κ3) is 3.68. The monoisotopic (exact) mass is 323 g/mol. The highest BCUT2D eigenvalue weighted by atomic mass is 16.5. The lowest BCUT2D eigenvalue weighted by molar-refractivity contribution is 0.0724. The molecule has 1 saturated heterocycles. The number of hydrogen-bond donors (Lipinski definition) is 0. The van der Waals surface area contributed by atoms with Gasteiger partial charge in [0.1, 0.15) is 0 Å². The zero-order valence-electron chi connectivity index (χ0n) is 14.5. The van der Waals surface area contributed by atoms with Crippen LogP contribution in [0.3, 0.4) is 0 Å². The Morgan fingerprint density at radius 2 is 1.71 bits per heavy atom. The first-order chi connectivity index (χ1) is 11.7. The molecule has 3 nitrogen and oxygen atoms in total. The van der Waals surface area contributed by atoms with Gasteiger partial charge in [0.2, 0.25) is 0 Å². The summed E-state index contributed by atoms with van der Waals surface area (Å²) >= 11 is 0. The minimum absolute atomic E-state index is 0.0889. The largest absolute Gasteiger partial charge is 0.377 e. The molecule has 24 heavy (non-hydrogen) atoms. The summed E-state index contributed by atoms with van der Waals surface area (Å²) in [6.45, 7) is 3.80. The van der Waals surface area contributed by atoms with Crippen LogP contribution < -0.4 is 0 Å². The number of carbonyl (C=O) groups is 1. The number of likely N-dealkylation sites (tertiary alicyclic amines) is 1. The average Bonchev–Trinajstić information content (AvgIpc) is 2.67. The molecule has 1 atom stereocenters. The van der Waals surface area contributed by atoms with Crippen molar-refractivity contribution in [2.24, 2.45) is 0 Å². The molecule has 3 rings (SSSR count). The van der Waals surface area contributed by atoms with E-state index in [1.54, 1.807) is 7.11 Å². The van der Waals surface area contributed by atoms with Gasteiger partial charge in [-0.2, -0.15) is 0 Å². The van der Waals surface area contributed by atoms with Gasteiger partial charge >= 0.3 is 0 Å². The summed E-state index contributed by atoms with van der Waals surface area (Å²) in [7, 11) is 1.72. The number of ether oxygens (including phenoxy) is 1. The van der Waals surface area contributed by atoms with E-state index >= 15 is 0 Å². The molecule has 1 amide bonds. The van der Waals surface area contributed by atoms with Gasteiger partial charge in [-0.25, -0.2) is 0 Å². The lowest BCUT2D eigenvalue weighted by Gasteiger charge is -2.26. The zero-order valence-corrected chi connectivity index (χ0v) is 14.5. The summed E-state index contributed by atoms with van der Waals surface area (Å²) in [5.41, 5.74) is 4.13. The van der Waals surface area contributed by atoms with Gasteiger partial charge in [-0.3, -0.25) is 4.79 Å². The third-order valence-electron chi connectivity index (χ3n) is 4.82. The number of methoxy groups -OCH3 is 1. The Balaban J connectivity index is 1.81. The molecule has 0 aromatic heterocycles. The highest BCUT2D eigenvalue weighted by molar-refractivity contribution is 5.95. The van der Waals surface area contributed by atoms with Crippen LogP contribution in [0, 0.1) is 0 Å². The van der Waals surface area contributed by atoms with E-state index in [-0.39, 0.29) is 12.0 Å². The SMILES string of the molecule is CO[C@@H](C)c1ccc(-c2cccc(C(=O)N3CCCCC3)c2)cc1. The van der Waals surface area contributed by atoms with Crippen molar-refractivity contribution in [3.63, 3.8) is 0 Å². The van der Waals surface area contributed by atoms with Crippen LogP contribution in [0.2, 0.25) is 0 Å². The van der Waals surface area contributed by atoms with Gasteiger partial charge in [0, 0.05) is 25.8 Å². The fourth-order valence-corrected chi connectivity index (χ4v) is 3.19. The maximum atomic E-state index is 12.7. The molecular weight excluding hydrogens is 298 g/mol. The molecule has 2 aromatic carbocycles. The first-order valence-electron chi connectivity index (χ1n) is 8.71. The second-order valence-corrected chi connectivity index (χ2v) is 6.43. The smallest absolute Gasteiger partial charge is 0.253 e. The van der Waals surface area contributed by atoms with Crippen LogP contribution >= 0.6 is 0 Å². The normalized spacial score (nSPS) is 16.0. The van der Waals surface area contributed by atoms with Gasteiger partial charge in [-0.15, -0.1) is 0 Å². The number of piperidine rings is 1. The summed E-state index contributed by atoms with van der Waals surface area (Å²) in [6.07, 6.45) is 3.55. The summed E-state index contributed by atoms with van der Waals surface area (Å²) in [5, 5.41) is 0. The molecule has 0 N–H and O–H groups in total. The Morgan fingerprint density at radius 3 is 2.38 bits per heavy atom. The summed E-state index contributed by atoms with van der Waals surface area (Å²) in [4.78, 5) is 14.7. The number of carbonyl (C=O) groups excluding carboxylic acids is 1. The van der Waals surface area contributed by atoms with E-state index in [1.165, 1.54) is 6.42 Å². The minimum Gasteiger partial charge on any atom is -0.377 e. The maximum Gasteiger partial charge on any atom is 0.253 e. The second-order valence-electron chi connectivity index (χ2n) is 6.43. The predicted molar refractivity (Wildman–Crippen MR) is 97.1 cm³/mol. The van der Waals surface area contributed by atoms with Gasteiger partial charge < -0.3 is 9.64 Å². The predicted octanol–water partition coefficient (Wildman–Crippen LogP) is 4.69. The quantitative estimate of drug-likeness (QED) is 0.817. The fraction of sp³-hybridized carbons (Fsp3) is 0.381. The van der Waals surface area contributed by atoms with E-state index in [0.29, 0.717) is 0 Å². The minimum atomic E-state index is 0.0889. The van der Waals surface area contributed by atoms with Crippen LogP contribution in [-0.2, 0) is 4.74 Å². The summed E-state index contributed by atoms with van der Waals surface area (Å²) in [6, 6.07) is 16.3. The van der Waals surface area contributed by atoms with Crippen molar-refractivity contribution < 1.29 is 9.53 Å². The van der Waals surface area contributed by atoms with Crippen molar-refractivity contribution in [3.8, 4) is 11.1 Å². The van der Waals surface area contributed by atoms with Crippen LogP contribution in [0.4, 0.5) is 0 Å². The molecule has 3 heteroatoms. The van der Waals surface area contributed by atoms with Crippen molar-refractivity contribution in [3.05, 3.63) is 59.7 Å². The first kappa shape index (κ1) is 16.7. The van der Waals surface area contributed by atoms with Crippen LogP contribution in [0.1, 0.15) is 48.2 Å². The van der Waals surface area contributed by atoms with Gasteiger partial charge in [0.05, 0.1) is 6.10 Å². The third-order valence-corrected chi connectivity index (χ3v) is 4.82. The van der Waals surface area contributed by atoms with Gasteiger partial charge in [-0.05, 0) is 55.0 Å². The molecule has 0 unspecified atom stereocenters. The van der Waals surface area contributed by atoms with E-state index in [0.717, 1.165) is 48.2 Å². The van der Waals surface area contributed by atoms with Crippen LogP contribution in [0.15, 0.2) is 48.5 Å². The maximum absolute atomic E-state index is 12.7.